The first-order valence-electron chi connectivity index (χ1n) is 13.7. The summed E-state index contributed by atoms with van der Waals surface area (Å²) in [6.07, 6.45) is 3.26. The summed E-state index contributed by atoms with van der Waals surface area (Å²) in [5.74, 6) is -2.01. The van der Waals surface area contributed by atoms with Crippen LogP contribution in [-0.4, -0.2) is 37.7 Å². The van der Waals surface area contributed by atoms with E-state index in [-0.39, 0.29) is 42.7 Å². The maximum absolute atomic E-state index is 13.8. The zero-order chi connectivity index (χ0) is 28.6. The van der Waals surface area contributed by atoms with Gasteiger partial charge in [0.1, 0.15) is 12.4 Å². The number of phenolic OH excluding ortho intramolecular Hbond substituents is 1. The number of hydrogen-bond donors (Lipinski definition) is 2. The molecule has 0 unspecified atom stereocenters. The Labute approximate surface area is 230 Å². The van der Waals surface area contributed by atoms with E-state index < -0.39 is 23.5 Å². The maximum Gasteiger partial charge on any atom is 0.355 e. The van der Waals surface area contributed by atoms with Gasteiger partial charge in [0.25, 0.3) is 5.56 Å². The number of aromatic hydroxyl groups is 1. The number of aliphatic carboxylic acids is 1. The number of nitrogens with zero attached hydrogens (tertiary/aromatic N) is 2. The first-order chi connectivity index (χ1) is 19.2. The molecule has 0 radical (unpaired) electrons. The fourth-order valence-electron chi connectivity index (χ4n) is 5.86. The van der Waals surface area contributed by atoms with E-state index in [0.29, 0.717) is 61.1 Å². The van der Waals surface area contributed by atoms with Crippen LogP contribution >= 0.6 is 0 Å². The van der Waals surface area contributed by atoms with E-state index in [4.69, 9.17) is 19.6 Å². The highest BCUT2D eigenvalue weighted by Gasteiger charge is 2.50. The van der Waals surface area contributed by atoms with Crippen LogP contribution in [0.3, 0.4) is 0 Å². The Morgan fingerprint density at radius 2 is 1.82 bits per heavy atom. The molecule has 0 saturated carbocycles. The molecule has 0 bridgehead atoms. The number of unbranched alkanes of at least 4 members (excludes halogenated alkanes) is 3. The number of aromatic nitrogens is 2. The van der Waals surface area contributed by atoms with Crippen molar-refractivity contribution in [1.82, 2.24) is 9.55 Å². The van der Waals surface area contributed by atoms with Gasteiger partial charge in [0.15, 0.2) is 0 Å². The number of carbonyl (C=O) groups excluding carboxylic acids is 2. The van der Waals surface area contributed by atoms with Gasteiger partial charge in [-0.15, -0.1) is 0 Å². The van der Waals surface area contributed by atoms with Gasteiger partial charge in [-0.3, -0.25) is 14.4 Å². The van der Waals surface area contributed by atoms with Gasteiger partial charge in [-0.2, -0.15) is 0 Å². The Hall–Kier alpha value is -4.21. The Kier molecular flexibility index (Phi) is 7.35. The quantitative estimate of drug-likeness (QED) is 0.218. The van der Waals surface area contributed by atoms with Crippen LogP contribution in [0.25, 0.3) is 22.3 Å². The predicted octanol–water partition coefficient (Wildman–Crippen LogP) is 4.32. The first-order valence-corrected chi connectivity index (χ1v) is 13.7. The molecule has 2 aromatic heterocycles. The number of ether oxygens (including phenoxy) is 2. The van der Waals surface area contributed by atoms with E-state index in [9.17, 15) is 24.3 Å². The molecular weight excluding hydrogens is 516 g/mol. The van der Waals surface area contributed by atoms with E-state index in [1.165, 1.54) is 0 Å². The number of aryl methyl sites for hydroxylation is 1. The fraction of sp³-hybridized carbons (Fsp3) is 0.433. The minimum Gasteiger partial charge on any atom is -0.508 e. The number of carboxylic acids is 1. The Balaban J connectivity index is 1.51. The van der Waals surface area contributed by atoms with Crippen LogP contribution in [0, 0.1) is 0 Å². The number of cyclic esters (lactones) is 1. The van der Waals surface area contributed by atoms with Gasteiger partial charge in [0.2, 0.25) is 5.60 Å². The molecule has 0 saturated heterocycles. The largest absolute Gasteiger partial charge is 0.508 e. The summed E-state index contributed by atoms with van der Waals surface area (Å²) in [4.78, 5) is 55.4. The van der Waals surface area contributed by atoms with Crippen LogP contribution in [0.1, 0.15) is 81.0 Å². The lowest BCUT2D eigenvalue weighted by molar-refractivity contribution is -0.189. The van der Waals surface area contributed by atoms with Gasteiger partial charge in [-0.25, -0.2) is 9.78 Å². The molecule has 10 heteroatoms. The van der Waals surface area contributed by atoms with Crippen LogP contribution in [0.2, 0.25) is 0 Å². The summed E-state index contributed by atoms with van der Waals surface area (Å²) >= 11 is 0. The summed E-state index contributed by atoms with van der Waals surface area (Å²) in [7, 11) is 0. The highest BCUT2D eigenvalue weighted by atomic mass is 16.6. The molecule has 5 rings (SSSR count). The predicted molar refractivity (Wildman–Crippen MR) is 145 cm³/mol. The van der Waals surface area contributed by atoms with Crippen LogP contribution in [0.15, 0.2) is 29.1 Å². The minimum absolute atomic E-state index is 0.0600. The molecule has 1 atom stereocenters. The van der Waals surface area contributed by atoms with Crippen LogP contribution in [-0.2, 0) is 49.0 Å². The molecular formula is C30H32N2O8. The summed E-state index contributed by atoms with van der Waals surface area (Å²) in [6, 6.07) is 6.73. The van der Waals surface area contributed by atoms with Gasteiger partial charge in [-0.1, -0.05) is 26.7 Å². The molecule has 1 aromatic carbocycles. The lowest BCUT2D eigenvalue weighted by Gasteiger charge is -2.35. The molecule has 0 fully saturated rings. The van der Waals surface area contributed by atoms with Crippen molar-refractivity contribution in [2.45, 2.75) is 84.0 Å². The fourth-order valence-corrected chi connectivity index (χ4v) is 5.86. The maximum atomic E-state index is 13.8. The molecule has 10 nitrogen and oxygen atoms in total. The molecule has 0 aliphatic carbocycles. The number of benzene rings is 1. The highest BCUT2D eigenvalue weighted by molar-refractivity contribution is 5.90. The van der Waals surface area contributed by atoms with Crippen LogP contribution in [0.5, 0.6) is 5.75 Å². The third kappa shape index (κ3) is 4.61. The smallest absolute Gasteiger partial charge is 0.355 e. The molecule has 2 aliphatic heterocycles. The summed E-state index contributed by atoms with van der Waals surface area (Å²) in [6.45, 7) is 3.81. The third-order valence-corrected chi connectivity index (χ3v) is 7.92. The molecule has 0 spiro atoms. The molecule has 40 heavy (non-hydrogen) atoms. The standard InChI is InChI=1S/C30H32N2O8/c1-3-18-19-13-17(33)11-12-23(19)31-27-20(18)15-32-24(27)14-22-21(28(32)37)16-39-29(38)30(22,4-2)40-26(36)10-8-6-5-7-9-25(34)35/h11-14,33H,3-10,15-16H2,1-2H3,(H,34,35)/t30-/m0/s1. The molecule has 0 amide bonds. The van der Waals surface area contributed by atoms with Gasteiger partial charge in [0, 0.05) is 29.4 Å². The van der Waals surface area contributed by atoms with Gasteiger partial charge in [0.05, 0.1) is 29.0 Å². The normalized spacial score (nSPS) is 17.2. The van der Waals surface area contributed by atoms with Gasteiger partial charge < -0.3 is 24.3 Å². The van der Waals surface area contributed by atoms with E-state index in [1.54, 1.807) is 35.8 Å². The monoisotopic (exact) mass is 548 g/mol. The number of pyridine rings is 2. The number of hydrogen-bond acceptors (Lipinski definition) is 8. The second-order valence-corrected chi connectivity index (χ2v) is 10.3. The molecule has 3 aromatic rings. The van der Waals surface area contributed by atoms with Crippen molar-refractivity contribution in [2.75, 3.05) is 0 Å². The zero-order valence-corrected chi connectivity index (χ0v) is 22.6. The van der Waals surface area contributed by atoms with Gasteiger partial charge in [-0.05, 0) is 55.5 Å². The number of phenols is 1. The van der Waals surface area contributed by atoms with E-state index in [2.05, 4.69) is 0 Å². The van der Waals surface area contributed by atoms with Crippen molar-refractivity contribution < 1.29 is 34.1 Å². The van der Waals surface area contributed by atoms with Crippen LogP contribution < -0.4 is 5.56 Å². The van der Waals surface area contributed by atoms with Crippen molar-refractivity contribution in [3.63, 3.8) is 0 Å². The highest BCUT2D eigenvalue weighted by Crippen LogP contribution is 2.42. The average molecular weight is 549 g/mol. The second-order valence-electron chi connectivity index (χ2n) is 10.3. The van der Waals surface area contributed by atoms with Crippen molar-refractivity contribution in [3.05, 3.63) is 56.9 Å². The molecule has 2 N–H and O–H groups in total. The van der Waals surface area contributed by atoms with Crippen molar-refractivity contribution in [1.29, 1.82) is 0 Å². The first kappa shape index (κ1) is 27.4. The molecule has 2 aliphatic rings. The number of rotatable bonds is 10. The number of esters is 2. The Morgan fingerprint density at radius 3 is 2.52 bits per heavy atom. The zero-order valence-electron chi connectivity index (χ0n) is 22.6. The summed E-state index contributed by atoms with van der Waals surface area (Å²) in [5.41, 5.74) is 2.27. The lowest BCUT2D eigenvalue weighted by atomic mass is 9.85. The number of fused-ring (bicyclic) bond motifs is 5. The van der Waals surface area contributed by atoms with E-state index in [0.717, 1.165) is 16.5 Å². The Bertz CT molecular complexity index is 1590. The minimum atomic E-state index is -1.75. The Morgan fingerprint density at radius 1 is 1.07 bits per heavy atom. The van der Waals surface area contributed by atoms with Crippen LogP contribution in [0.4, 0.5) is 0 Å². The topological polar surface area (TPSA) is 145 Å². The number of carbonyl (C=O) groups is 3. The van der Waals surface area contributed by atoms with E-state index >= 15 is 0 Å². The van der Waals surface area contributed by atoms with Gasteiger partial charge >= 0.3 is 17.9 Å². The number of carboxylic acid groups (broad SMARTS) is 1. The summed E-state index contributed by atoms with van der Waals surface area (Å²) < 4.78 is 12.9. The SMILES string of the molecule is CCc1c2c(nc3ccc(O)cc13)-c1cc3c(c(=O)n1C2)COC(=O)[C@@]3(CC)OC(=O)CCCCCCC(=O)O. The van der Waals surface area contributed by atoms with E-state index in [1.807, 2.05) is 6.92 Å². The van der Waals surface area contributed by atoms with Crippen molar-refractivity contribution in [3.8, 4) is 17.1 Å². The second kappa shape index (κ2) is 10.7. The lowest BCUT2D eigenvalue weighted by Crippen LogP contribution is -2.47. The van der Waals surface area contributed by atoms with Crippen molar-refractivity contribution in [2.24, 2.45) is 0 Å². The third-order valence-electron chi connectivity index (χ3n) is 7.92. The molecule has 210 valence electrons. The summed E-state index contributed by atoms with van der Waals surface area (Å²) in [5, 5.41) is 19.6. The van der Waals surface area contributed by atoms with Crippen molar-refractivity contribution >= 4 is 28.8 Å². The average Bonchev–Trinajstić information content (AvgIpc) is 3.29. The molecule has 4 heterocycles.